The van der Waals surface area contributed by atoms with Crippen LogP contribution in [0.4, 0.5) is 0 Å². The van der Waals surface area contributed by atoms with Crippen LogP contribution in [0.2, 0.25) is 0 Å². The van der Waals surface area contributed by atoms with Crippen LogP contribution >= 0.6 is 0 Å². The summed E-state index contributed by atoms with van der Waals surface area (Å²) in [5.74, 6) is 1.47. The summed E-state index contributed by atoms with van der Waals surface area (Å²) in [6.45, 7) is 5.56. The van der Waals surface area contributed by atoms with E-state index in [4.69, 9.17) is 14.0 Å². The molecule has 1 atom stereocenters. The van der Waals surface area contributed by atoms with Gasteiger partial charge in [0.25, 0.3) is 5.91 Å². The molecule has 0 aliphatic carbocycles. The number of amides is 1. The molecule has 1 aliphatic heterocycles. The zero-order valence-electron chi connectivity index (χ0n) is 13.8. The first-order valence-electron chi connectivity index (χ1n) is 8.01. The predicted molar refractivity (Wildman–Crippen MR) is 85.6 cm³/mol. The van der Waals surface area contributed by atoms with Gasteiger partial charge in [-0.2, -0.15) is 4.98 Å². The molecule has 0 radical (unpaired) electrons. The van der Waals surface area contributed by atoms with Crippen molar-refractivity contribution in [3.63, 3.8) is 0 Å². The van der Waals surface area contributed by atoms with Gasteiger partial charge in [-0.05, 0) is 23.6 Å². The molecule has 2 aromatic rings. The Balaban J connectivity index is 1.61. The third kappa shape index (κ3) is 3.73. The molecule has 1 aromatic carbocycles. The van der Waals surface area contributed by atoms with Gasteiger partial charge in [-0.25, -0.2) is 0 Å². The Morgan fingerprint density at radius 2 is 2.17 bits per heavy atom. The molecular weight excluding hydrogens is 310 g/mol. The number of rotatable bonds is 5. The zero-order chi connectivity index (χ0) is 16.9. The van der Waals surface area contributed by atoms with E-state index in [0.717, 1.165) is 0 Å². The highest BCUT2D eigenvalue weighted by Gasteiger charge is 2.31. The Labute approximate surface area is 140 Å². The SMILES string of the molecule is CC(C)c1ccc(OCC(=O)N2CCOC[C@@H]2c2ncon2)cc1. The number of aromatic nitrogens is 2. The van der Waals surface area contributed by atoms with E-state index in [-0.39, 0.29) is 18.6 Å². The first-order chi connectivity index (χ1) is 11.6. The van der Waals surface area contributed by atoms with E-state index < -0.39 is 0 Å². The van der Waals surface area contributed by atoms with Crippen LogP contribution < -0.4 is 4.74 Å². The number of hydrogen-bond donors (Lipinski definition) is 0. The van der Waals surface area contributed by atoms with Crippen molar-refractivity contribution in [2.24, 2.45) is 0 Å². The van der Waals surface area contributed by atoms with Crippen LogP contribution in [-0.4, -0.2) is 47.3 Å². The van der Waals surface area contributed by atoms with Gasteiger partial charge >= 0.3 is 0 Å². The molecule has 7 nitrogen and oxygen atoms in total. The van der Waals surface area contributed by atoms with Gasteiger partial charge in [0.1, 0.15) is 11.8 Å². The maximum Gasteiger partial charge on any atom is 0.261 e. The van der Waals surface area contributed by atoms with Gasteiger partial charge in [0.05, 0.1) is 13.2 Å². The topological polar surface area (TPSA) is 77.7 Å². The third-order valence-electron chi connectivity index (χ3n) is 4.03. The van der Waals surface area contributed by atoms with Crippen LogP contribution in [0.5, 0.6) is 5.75 Å². The van der Waals surface area contributed by atoms with Crippen molar-refractivity contribution >= 4 is 5.91 Å². The number of carbonyl (C=O) groups excluding carboxylic acids is 1. The fraction of sp³-hybridized carbons (Fsp3) is 0.471. The second-order valence-corrected chi connectivity index (χ2v) is 5.98. The fourth-order valence-corrected chi connectivity index (χ4v) is 2.62. The minimum Gasteiger partial charge on any atom is -0.484 e. The highest BCUT2D eigenvalue weighted by molar-refractivity contribution is 5.78. The van der Waals surface area contributed by atoms with Gasteiger partial charge in [0.2, 0.25) is 6.39 Å². The molecular formula is C17H21N3O4. The summed E-state index contributed by atoms with van der Waals surface area (Å²) >= 11 is 0. The van der Waals surface area contributed by atoms with Crippen molar-refractivity contribution in [1.82, 2.24) is 15.0 Å². The lowest BCUT2D eigenvalue weighted by atomic mass is 10.0. The minimum atomic E-state index is -0.336. The molecule has 0 spiro atoms. The van der Waals surface area contributed by atoms with Gasteiger partial charge in [-0.3, -0.25) is 4.79 Å². The second kappa shape index (κ2) is 7.44. The summed E-state index contributed by atoms with van der Waals surface area (Å²) in [5, 5.41) is 3.82. The van der Waals surface area contributed by atoms with Crippen LogP contribution in [0.25, 0.3) is 0 Å². The van der Waals surface area contributed by atoms with E-state index in [0.29, 0.717) is 37.3 Å². The number of ether oxygens (including phenoxy) is 2. The molecule has 7 heteroatoms. The normalized spacial score (nSPS) is 18.0. The largest absolute Gasteiger partial charge is 0.484 e. The standard InChI is InChI=1S/C17H21N3O4/c1-12(2)13-3-5-14(6-4-13)23-10-16(21)20-7-8-22-9-15(20)17-18-11-24-19-17/h3-6,11-12,15H,7-10H2,1-2H3/t15-/m1/s1. The van der Waals surface area contributed by atoms with Crippen molar-refractivity contribution in [2.45, 2.75) is 25.8 Å². The number of morpholine rings is 1. The van der Waals surface area contributed by atoms with Gasteiger partial charge in [-0.15, -0.1) is 0 Å². The predicted octanol–water partition coefficient (Wildman–Crippen LogP) is 2.17. The Hall–Kier alpha value is -2.41. The molecule has 0 saturated carbocycles. The summed E-state index contributed by atoms with van der Waals surface area (Å²) < 4.78 is 15.8. The third-order valence-corrected chi connectivity index (χ3v) is 4.03. The lowest BCUT2D eigenvalue weighted by molar-refractivity contribution is -0.142. The molecule has 24 heavy (non-hydrogen) atoms. The van der Waals surface area contributed by atoms with Crippen molar-refractivity contribution in [3.8, 4) is 5.75 Å². The first kappa shape index (κ1) is 16.4. The second-order valence-electron chi connectivity index (χ2n) is 5.98. The maximum absolute atomic E-state index is 12.5. The Morgan fingerprint density at radius 3 is 2.83 bits per heavy atom. The van der Waals surface area contributed by atoms with Crippen molar-refractivity contribution in [2.75, 3.05) is 26.4 Å². The monoisotopic (exact) mass is 331 g/mol. The summed E-state index contributed by atoms with van der Waals surface area (Å²) in [7, 11) is 0. The highest BCUT2D eigenvalue weighted by atomic mass is 16.5. The van der Waals surface area contributed by atoms with E-state index in [2.05, 4.69) is 24.0 Å². The molecule has 1 aliphatic rings. The molecule has 1 fully saturated rings. The van der Waals surface area contributed by atoms with Crippen molar-refractivity contribution < 1.29 is 18.8 Å². The molecule has 2 heterocycles. The summed E-state index contributed by atoms with van der Waals surface area (Å²) in [6.07, 6.45) is 1.25. The number of hydrogen-bond acceptors (Lipinski definition) is 6. The minimum absolute atomic E-state index is 0.0324. The fourth-order valence-electron chi connectivity index (χ4n) is 2.62. The lowest BCUT2D eigenvalue weighted by Crippen LogP contribution is -2.45. The summed E-state index contributed by atoms with van der Waals surface area (Å²) in [5.41, 5.74) is 1.24. The molecule has 1 aromatic heterocycles. The van der Waals surface area contributed by atoms with Crippen molar-refractivity contribution in [1.29, 1.82) is 0 Å². The van der Waals surface area contributed by atoms with Gasteiger partial charge < -0.3 is 18.9 Å². The average molecular weight is 331 g/mol. The van der Waals surface area contributed by atoms with Crippen molar-refractivity contribution in [3.05, 3.63) is 42.0 Å². The maximum atomic E-state index is 12.5. The zero-order valence-corrected chi connectivity index (χ0v) is 13.8. The van der Waals surface area contributed by atoms with E-state index in [1.54, 1.807) is 4.90 Å². The van der Waals surface area contributed by atoms with E-state index >= 15 is 0 Å². The van der Waals surface area contributed by atoms with E-state index in [1.807, 2.05) is 24.3 Å². The summed E-state index contributed by atoms with van der Waals surface area (Å²) in [4.78, 5) is 18.2. The van der Waals surface area contributed by atoms with E-state index in [9.17, 15) is 4.79 Å². The average Bonchev–Trinajstić information content (AvgIpc) is 3.14. The van der Waals surface area contributed by atoms with Gasteiger partial charge in [0.15, 0.2) is 12.4 Å². The molecule has 1 amide bonds. The molecule has 0 N–H and O–H groups in total. The number of carbonyl (C=O) groups is 1. The summed E-state index contributed by atoms with van der Waals surface area (Å²) in [6, 6.07) is 7.47. The number of nitrogens with zero attached hydrogens (tertiary/aromatic N) is 3. The van der Waals surface area contributed by atoms with Gasteiger partial charge in [-0.1, -0.05) is 31.1 Å². The van der Waals surface area contributed by atoms with Crippen LogP contribution in [-0.2, 0) is 9.53 Å². The van der Waals surface area contributed by atoms with E-state index in [1.165, 1.54) is 12.0 Å². The molecule has 0 bridgehead atoms. The molecule has 1 saturated heterocycles. The van der Waals surface area contributed by atoms with Crippen LogP contribution in [0, 0.1) is 0 Å². The Kier molecular flexibility index (Phi) is 5.10. The molecule has 128 valence electrons. The highest BCUT2D eigenvalue weighted by Crippen LogP contribution is 2.22. The first-order valence-corrected chi connectivity index (χ1v) is 8.01. The van der Waals surface area contributed by atoms with Crippen LogP contribution in [0.15, 0.2) is 35.2 Å². The molecule has 0 unspecified atom stereocenters. The molecule has 3 rings (SSSR count). The van der Waals surface area contributed by atoms with Crippen LogP contribution in [0.1, 0.15) is 37.2 Å². The Morgan fingerprint density at radius 1 is 1.38 bits per heavy atom. The lowest BCUT2D eigenvalue weighted by Gasteiger charge is -2.33. The van der Waals surface area contributed by atoms with Gasteiger partial charge in [0, 0.05) is 6.54 Å². The quantitative estimate of drug-likeness (QED) is 0.835. The smallest absolute Gasteiger partial charge is 0.261 e. The number of benzene rings is 1. The Bertz CT molecular complexity index is 655. The van der Waals surface area contributed by atoms with Crippen LogP contribution in [0.3, 0.4) is 0 Å².